The molecule has 0 aromatic carbocycles. The van der Waals surface area contributed by atoms with Gasteiger partial charge in [0.1, 0.15) is 17.2 Å². The van der Waals surface area contributed by atoms with Crippen LogP contribution in [0.25, 0.3) is 10.2 Å². The number of hydrogen-bond acceptors (Lipinski definition) is 5. The van der Waals surface area contributed by atoms with Crippen molar-refractivity contribution in [2.75, 3.05) is 19.6 Å². The lowest BCUT2D eigenvalue weighted by Crippen LogP contribution is -2.37. The highest BCUT2D eigenvalue weighted by atomic mass is 32.1. The number of aromatic nitrogens is 2. The summed E-state index contributed by atoms with van der Waals surface area (Å²) >= 11 is 1.67. The Kier molecular flexibility index (Phi) is 7.24. The number of unbranched alkanes of at least 4 members (excludes halogenated alkanes) is 1. The summed E-state index contributed by atoms with van der Waals surface area (Å²) in [7, 11) is 0. The fraction of sp³-hybridized carbons (Fsp3) is 0.667. The highest BCUT2D eigenvalue weighted by Gasteiger charge is 2.23. The zero-order valence-corrected chi connectivity index (χ0v) is 18.2. The first-order chi connectivity index (χ1) is 13.6. The van der Waals surface area contributed by atoms with Crippen LogP contribution < -0.4 is 10.9 Å². The number of nitrogens with zero attached hydrogens (tertiary/aromatic N) is 3. The number of carbonyl (C=O) groups excluding carboxylic acids is 1. The predicted molar refractivity (Wildman–Crippen MR) is 115 cm³/mol. The molecule has 1 aliphatic carbocycles. The molecule has 0 saturated carbocycles. The van der Waals surface area contributed by atoms with Gasteiger partial charge in [0, 0.05) is 11.4 Å². The van der Waals surface area contributed by atoms with Gasteiger partial charge in [0.2, 0.25) is 5.91 Å². The van der Waals surface area contributed by atoms with Crippen LogP contribution in [0, 0.1) is 0 Å². The molecule has 0 bridgehead atoms. The summed E-state index contributed by atoms with van der Waals surface area (Å²) in [4.78, 5) is 35.2. The van der Waals surface area contributed by atoms with Crippen LogP contribution in [0.5, 0.6) is 0 Å². The van der Waals surface area contributed by atoms with E-state index in [0.717, 1.165) is 55.4 Å². The van der Waals surface area contributed by atoms with Gasteiger partial charge in [-0.2, -0.15) is 0 Å². The molecule has 1 N–H and O–H groups in total. The molecule has 1 aliphatic rings. The number of rotatable bonds is 9. The van der Waals surface area contributed by atoms with Crippen LogP contribution in [-0.2, 0) is 30.7 Å². The second-order valence-electron chi connectivity index (χ2n) is 7.48. The maximum atomic E-state index is 13.4. The van der Waals surface area contributed by atoms with E-state index >= 15 is 0 Å². The second kappa shape index (κ2) is 9.65. The Morgan fingerprint density at radius 1 is 1.21 bits per heavy atom. The van der Waals surface area contributed by atoms with E-state index in [1.54, 1.807) is 15.9 Å². The molecule has 0 spiro atoms. The zero-order chi connectivity index (χ0) is 20.1. The molecule has 6 nitrogen and oxygen atoms in total. The third kappa shape index (κ3) is 4.46. The van der Waals surface area contributed by atoms with Crippen molar-refractivity contribution in [2.24, 2.45) is 0 Å². The average molecular weight is 405 g/mol. The molecule has 0 saturated heterocycles. The van der Waals surface area contributed by atoms with Gasteiger partial charge >= 0.3 is 0 Å². The predicted octanol–water partition coefficient (Wildman–Crippen LogP) is 3.09. The second-order valence-corrected chi connectivity index (χ2v) is 8.56. The van der Waals surface area contributed by atoms with Crippen LogP contribution >= 0.6 is 11.3 Å². The van der Waals surface area contributed by atoms with Crippen molar-refractivity contribution in [2.45, 2.75) is 72.4 Å². The molecular formula is C21H32N4O2S. The fourth-order valence-corrected chi connectivity index (χ4v) is 5.09. The Morgan fingerprint density at radius 2 is 1.96 bits per heavy atom. The molecule has 0 aliphatic heterocycles. The van der Waals surface area contributed by atoms with Crippen molar-refractivity contribution in [1.82, 2.24) is 19.8 Å². The number of fused-ring (bicyclic) bond motifs is 3. The van der Waals surface area contributed by atoms with E-state index in [0.29, 0.717) is 18.9 Å². The number of carbonyl (C=O) groups is 1. The van der Waals surface area contributed by atoms with Crippen molar-refractivity contribution in [3.8, 4) is 0 Å². The highest BCUT2D eigenvalue weighted by molar-refractivity contribution is 7.18. The Hall–Kier alpha value is -1.73. The van der Waals surface area contributed by atoms with E-state index in [-0.39, 0.29) is 18.0 Å². The quantitative estimate of drug-likeness (QED) is 0.652. The summed E-state index contributed by atoms with van der Waals surface area (Å²) in [5, 5.41) is 3.69. The van der Waals surface area contributed by atoms with E-state index in [1.165, 1.54) is 16.9 Å². The van der Waals surface area contributed by atoms with E-state index in [9.17, 15) is 9.59 Å². The SMILES string of the molecule is CCCCNC(=O)Cn1c(CN(CC)CC)nc2sc3c(c2c1=O)CCCC3. The van der Waals surface area contributed by atoms with Gasteiger partial charge < -0.3 is 5.32 Å². The molecular weight excluding hydrogens is 372 g/mol. The summed E-state index contributed by atoms with van der Waals surface area (Å²) < 4.78 is 1.61. The summed E-state index contributed by atoms with van der Waals surface area (Å²) in [6.45, 7) is 9.35. The fourth-order valence-electron chi connectivity index (χ4n) is 3.82. The molecule has 3 rings (SSSR count). The Bertz CT molecular complexity index is 883. The average Bonchev–Trinajstić information content (AvgIpc) is 3.07. The molecule has 0 atom stereocenters. The molecule has 7 heteroatoms. The molecule has 154 valence electrons. The summed E-state index contributed by atoms with van der Waals surface area (Å²) in [6, 6.07) is 0. The third-order valence-electron chi connectivity index (χ3n) is 5.57. The summed E-state index contributed by atoms with van der Waals surface area (Å²) in [5.74, 6) is 0.590. The minimum absolute atomic E-state index is 0.0443. The number of thiophene rings is 1. The summed E-state index contributed by atoms with van der Waals surface area (Å²) in [5.41, 5.74) is 1.13. The molecule has 2 aromatic heterocycles. The first kappa shape index (κ1) is 21.0. The maximum Gasteiger partial charge on any atom is 0.263 e. The van der Waals surface area contributed by atoms with Crippen LogP contribution in [0.3, 0.4) is 0 Å². The maximum absolute atomic E-state index is 13.4. The zero-order valence-electron chi connectivity index (χ0n) is 17.3. The lowest BCUT2D eigenvalue weighted by molar-refractivity contribution is -0.121. The van der Waals surface area contributed by atoms with Crippen LogP contribution in [0.15, 0.2) is 4.79 Å². The Balaban J connectivity index is 2.02. The van der Waals surface area contributed by atoms with E-state index in [4.69, 9.17) is 4.98 Å². The van der Waals surface area contributed by atoms with Crippen molar-refractivity contribution in [1.29, 1.82) is 0 Å². The van der Waals surface area contributed by atoms with E-state index < -0.39 is 0 Å². The van der Waals surface area contributed by atoms with Crippen molar-refractivity contribution < 1.29 is 4.79 Å². The minimum Gasteiger partial charge on any atom is -0.355 e. The number of aryl methyl sites for hydroxylation is 2. The standard InChI is InChI=1S/C21H32N4O2S/c1-4-7-12-22-18(26)14-25-17(13-24(5-2)6-3)23-20-19(21(25)27)15-10-8-9-11-16(15)28-20/h4-14H2,1-3H3,(H,22,26). The largest absolute Gasteiger partial charge is 0.355 e. The van der Waals surface area contributed by atoms with Crippen LogP contribution in [-0.4, -0.2) is 40.0 Å². The van der Waals surface area contributed by atoms with Crippen molar-refractivity contribution in [3.05, 3.63) is 26.6 Å². The van der Waals surface area contributed by atoms with Gasteiger partial charge in [-0.05, 0) is 50.8 Å². The van der Waals surface area contributed by atoms with Crippen molar-refractivity contribution in [3.63, 3.8) is 0 Å². The van der Waals surface area contributed by atoms with E-state index in [1.807, 2.05) is 0 Å². The highest BCUT2D eigenvalue weighted by Crippen LogP contribution is 2.33. The molecule has 2 aromatic rings. The number of hydrogen-bond donors (Lipinski definition) is 1. The lowest BCUT2D eigenvalue weighted by atomic mass is 9.97. The molecule has 0 fully saturated rings. The van der Waals surface area contributed by atoms with Gasteiger partial charge in [0.05, 0.1) is 11.9 Å². The first-order valence-corrected chi connectivity index (χ1v) is 11.4. The van der Waals surface area contributed by atoms with Crippen LogP contribution in [0.4, 0.5) is 0 Å². The smallest absolute Gasteiger partial charge is 0.263 e. The van der Waals surface area contributed by atoms with Crippen LogP contribution in [0.2, 0.25) is 0 Å². The molecule has 2 heterocycles. The molecule has 0 radical (unpaired) electrons. The van der Waals surface area contributed by atoms with Gasteiger partial charge in [0.25, 0.3) is 5.56 Å². The Morgan fingerprint density at radius 3 is 2.68 bits per heavy atom. The lowest BCUT2D eigenvalue weighted by Gasteiger charge is -2.20. The van der Waals surface area contributed by atoms with Gasteiger partial charge in [-0.3, -0.25) is 19.1 Å². The van der Waals surface area contributed by atoms with Gasteiger partial charge in [-0.25, -0.2) is 4.98 Å². The molecule has 28 heavy (non-hydrogen) atoms. The normalized spacial score (nSPS) is 13.9. The van der Waals surface area contributed by atoms with Gasteiger partial charge in [-0.1, -0.05) is 27.2 Å². The summed E-state index contributed by atoms with van der Waals surface area (Å²) in [6.07, 6.45) is 6.27. The number of amides is 1. The number of nitrogens with one attached hydrogen (secondary N) is 1. The first-order valence-electron chi connectivity index (χ1n) is 10.6. The topological polar surface area (TPSA) is 67.2 Å². The van der Waals surface area contributed by atoms with E-state index in [2.05, 4.69) is 31.0 Å². The monoisotopic (exact) mass is 404 g/mol. The van der Waals surface area contributed by atoms with Crippen molar-refractivity contribution >= 4 is 27.5 Å². The third-order valence-corrected chi connectivity index (χ3v) is 6.75. The van der Waals surface area contributed by atoms with Gasteiger partial charge in [0.15, 0.2) is 0 Å². The Labute approximate surface area is 171 Å². The van der Waals surface area contributed by atoms with Gasteiger partial charge in [-0.15, -0.1) is 11.3 Å². The minimum atomic E-state index is -0.110. The molecule has 0 unspecified atom stereocenters. The molecule has 1 amide bonds. The van der Waals surface area contributed by atoms with Crippen LogP contribution in [0.1, 0.15) is 62.7 Å².